The molecule has 20 heavy (non-hydrogen) atoms. The molecule has 1 aliphatic heterocycles. The Labute approximate surface area is 116 Å². The van der Waals surface area contributed by atoms with Crippen molar-refractivity contribution < 1.29 is 14.4 Å². The van der Waals surface area contributed by atoms with Crippen molar-refractivity contribution in [2.75, 3.05) is 0 Å². The third-order valence-electron chi connectivity index (χ3n) is 3.54. The molecule has 0 aliphatic carbocycles. The zero-order valence-electron chi connectivity index (χ0n) is 11.1. The molecular formula is C14H15N3O3. The molecule has 1 atom stereocenters. The molecule has 1 aliphatic rings. The molecule has 1 N–H and O–H groups in total. The molecule has 2 aromatic rings. The summed E-state index contributed by atoms with van der Waals surface area (Å²) in [5, 5.41) is 13.1. The summed E-state index contributed by atoms with van der Waals surface area (Å²) < 4.78 is 5.09. The third-order valence-corrected chi connectivity index (χ3v) is 3.54. The number of fused-ring (bicyclic) bond motifs is 1. The topological polar surface area (TPSA) is 79.5 Å². The fraction of sp³-hybridized carbons (Fsp3) is 0.357. The molecule has 6 nitrogen and oxygen atoms in total. The smallest absolute Gasteiger partial charge is 0.321 e. The number of hydrogen-bond acceptors (Lipinski definition) is 5. The molecule has 0 spiro atoms. The largest absolute Gasteiger partial charge is 0.480 e. The predicted molar refractivity (Wildman–Crippen MR) is 69.9 cm³/mol. The van der Waals surface area contributed by atoms with E-state index in [0.717, 1.165) is 11.1 Å². The zero-order valence-corrected chi connectivity index (χ0v) is 11.1. The summed E-state index contributed by atoms with van der Waals surface area (Å²) in [5.74, 6) is 0.188. The van der Waals surface area contributed by atoms with Crippen LogP contribution in [0, 0.1) is 6.92 Å². The van der Waals surface area contributed by atoms with E-state index in [2.05, 4.69) is 10.1 Å². The van der Waals surface area contributed by atoms with Crippen LogP contribution in [0.25, 0.3) is 0 Å². The van der Waals surface area contributed by atoms with Gasteiger partial charge < -0.3 is 9.63 Å². The van der Waals surface area contributed by atoms with Crippen molar-refractivity contribution in [1.82, 2.24) is 15.0 Å². The van der Waals surface area contributed by atoms with Crippen LogP contribution < -0.4 is 0 Å². The monoisotopic (exact) mass is 273 g/mol. The minimum atomic E-state index is -0.823. The van der Waals surface area contributed by atoms with Gasteiger partial charge in [-0.05, 0) is 24.5 Å². The molecule has 0 saturated carbocycles. The highest BCUT2D eigenvalue weighted by atomic mass is 16.5. The first kappa shape index (κ1) is 12.8. The summed E-state index contributed by atoms with van der Waals surface area (Å²) in [6.07, 6.45) is 0.499. The second-order valence-corrected chi connectivity index (χ2v) is 4.97. The number of nitrogens with zero attached hydrogens (tertiary/aromatic N) is 3. The van der Waals surface area contributed by atoms with E-state index < -0.39 is 12.0 Å². The van der Waals surface area contributed by atoms with Gasteiger partial charge in [0, 0.05) is 6.54 Å². The van der Waals surface area contributed by atoms with E-state index in [1.165, 1.54) is 0 Å². The maximum atomic E-state index is 11.5. The highest BCUT2D eigenvalue weighted by Gasteiger charge is 2.32. The van der Waals surface area contributed by atoms with Crippen molar-refractivity contribution in [2.24, 2.45) is 0 Å². The molecule has 3 rings (SSSR count). The zero-order chi connectivity index (χ0) is 14.1. The molecule has 0 radical (unpaired) electrons. The van der Waals surface area contributed by atoms with Crippen molar-refractivity contribution in [3.8, 4) is 0 Å². The van der Waals surface area contributed by atoms with Gasteiger partial charge in [-0.1, -0.05) is 29.4 Å². The normalized spacial score (nSPS) is 18.8. The molecule has 1 aromatic carbocycles. The van der Waals surface area contributed by atoms with E-state index in [1.54, 1.807) is 6.92 Å². The van der Waals surface area contributed by atoms with Crippen LogP contribution in [0.4, 0.5) is 0 Å². The highest BCUT2D eigenvalue weighted by molar-refractivity contribution is 5.74. The number of carboxylic acids is 1. The molecule has 2 heterocycles. The van der Waals surface area contributed by atoms with Crippen LogP contribution in [0.15, 0.2) is 28.8 Å². The fourth-order valence-corrected chi connectivity index (χ4v) is 2.56. The lowest BCUT2D eigenvalue weighted by atomic mass is 9.94. The number of carboxylic acid groups (broad SMARTS) is 1. The van der Waals surface area contributed by atoms with E-state index in [4.69, 9.17) is 4.52 Å². The van der Waals surface area contributed by atoms with Gasteiger partial charge in [0.1, 0.15) is 6.04 Å². The van der Waals surface area contributed by atoms with Gasteiger partial charge in [-0.2, -0.15) is 4.98 Å². The molecule has 104 valence electrons. The van der Waals surface area contributed by atoms with Gasteiger partial charge in [-0.3, -0.25) is 9.69 Å². The summed E-state index contributed by atoms with van der Waals surface area (Å²) in [5.41, 5.74) is 2.25. The fourth-order valence-electron chi connectivity index (χ4n) is 2.56. The Balaban J connectivity index is 1.86. The molecule has 0 bridgehead atoms. The van der Waals surface area contributed by atoms with Gasteiger partial charge in [0.15, 0.2) is 5.82 Å². The van der Waals surface area contributed by atoms with Crippen LogP contribution in [0.5, 0.6) is 0 Å². The van der Waals surface area contributed by atoms with Crippen molar-refractivity contribution >= 4 is 5.97 Å². The second-order valence-electron chi connectivity index (χ2n) is 4.97. The van der Waals surface area contributed by atoms with Crippen LogP contribution in [0.3, 0.4) is 0 Å². The molecular weight excluding hydrogens is 258 g/mol. The molecule has 1 aromatic heterocycles. The number of hydrogen-bond donors (Lipinski definition) is 1. The Kier molecular flexibility index (Phi) is 3.23. The molecule has 0 amide bonds. The first-order chi connectivity index (χ1) is 9.63. The first-order valence-corrected chi connectivity index (χ1v) is 6.46. The SMILES string of the molecule is Cc1noc(CN2Cc3ccccc3CC2C(=O)O)n1. The number of rotatable bonds is 3. The Hall–Kier alpha value is -2.21. The maximum Gasteiger partial charge on any atom is 0.321 e. The van der Waals surface area contributed by atoms with Crippen molar-refractivity contribution in [3.63, 3.8) is 0 Å². The Morgan fingerprint density at radius 1 is 1.45 bits per heavy atom. The minimum absolute atomic E-state index is 0.353. The van der Waals surface area contributed by atoms with Gasteiger partial charge in [0.25, 0.3) is 0 Å². The van der Waals surface area contributed by atoms with E-state index in [9.17, 15) is 9.90 Å². The molecule has 6 heteroatoms. The summed E-state index contributed by atoms with van der Waals surface area (Å²) >= 11 is 0. The lowest BCUT2D eigenvalue weighted by Crippen LogP contribution is -2.45. The standard InChI is InChI=1S/C14H15N3O3/c1-9-15-13(20-16-9)8-17-7-11-5-3-2-4-10(11)6-12(17)14(18)19/h2-5,12H,6-8H2,1H3,(H,18,19). The first-order valence-electron chi connectivity index (χ1n) is 6.46. The summed E-state index contributed by atoms with van der Waals surface area (Å²) in [7, 11) is 0. The van der Waals surface area contributed by atoms with E-state index in [-0.39, 0.29) is 0 Å². The average Bonchev–Trinajstić information content (AvgIpc) is 2.83. The Morgan fingerprint density at radius 3 is 2.85 bits per heavy atom. The second kappa shape index (κ2) is 5.05. The summed E-state index contributed by atoms with van der Waals surface area (Å²) in [6.45, 7) is 2.67. The Bertz CT molecular complexity index is 638. The van der Waals surface area contributed by atoms with Crippen LogP contribution in [-0.4, -0.2) is 32.2 Å². The van der Waals surface area contributed by atoms with Crippen molar-refractivity contribution in [1.29, 1.82) is 0 Å². The molecule has 0 fully saturated rings. The summed E-state index contributed by atoms with van der Waals surface area (Å²) in [4.78, 5) is 17.5. The van der Waals surface area contributed by atoms with Gasteiger partial charge in [0.05, 0.1) is 6.54 Å². The van der Waals surface area contributed by atoms with E-state index in [0.29, 0.717) is 31.2 Å². The number of aryl methyl sites for hydroxylation is 1. The molecule has 1 unspecified atom stereocenters. The maximum absolute atomic E-state index is 11.5. The number of aromatic nitrogens is 2. The van der Waals surface area contributed by atoms with Gasteiger partial charge in [-0.25, -0.2) is 0 Å². The summed E-state index contributed by atoms with van der Waals surface area (Å²) in [6, 6.07) is 7.36. The minimum Gasteiger partial charge on any atom is -0.480 e. The van der Waals surface area contributed by atoms with E-state index >= 15 is 0 Å². The van der Waals surface area contributed by atoms with Crippen LogP contribution >= 0.6 is 0 Å². The highest BCUT2D eigenvalue weighted by Crippen LogP contribution is 2.24. The number of carbonyl (C=O) groups is 1. The number of aliphatic carboxylic acids is 1. The van der Waals surface area contributed by atoms with Crippen LogP contribution in [0.2, 0.25) is 0 Å². The number of benzene rings is 1. The lowest BCUT2D eigenvalue weighted by Gasteiger charge is -2.33. The van der Waals surface area contributed by atoms with Gasteiger partial charge in [0.2, 0.25) is 5.89 Å². The van der Waals surface area contributed by atoms with Crippen LogP contribution in [-0.2, 0) is 24.3 Å². The average molecular weight is 273 g/mol. The van der Waals surface area contributed by atoms with E-state index in [1.807, 2.05) is 29.2 Å². The van der Waals surface area contributed by atoms with Crippen molar-refractivity contribution in [3.05, 3.63) is 47.1 Å². The van der Waals surface area contributed by atoms with Crippen LogP contribution in [0.1, 0.15) is 22.8 Å². The van der Waals surface area contributed by atoms with Gasteiger partial charge >= 0.3 is 5.97 Å². The predicted octanol–water partition coefficient (Wildman–Crippen LogP) is 1.39. The van der Waals surface area contributed by atoms with Crippen molar-refractivity contribution in [2.45, 2.75) is 32.5 Å². The quantitative estimate of drug-likeness (QED) is 0.910. The molecule has 0 saturated heterocycles. The third kappa shape index (κ3) is 2.42. The lowest BCUT2D eigenvalue weighted by molar-refractivity contribution is -0.144. The Morgan fingerprint density at radius 2 is 2.20 bits per heavy atom. The van der Waals surface area contributed by atoms with Gasteiger partial charge in [-0.15, -0.1) is 0 Å².